The fraction of sp³-hybridized carbons (Fsp3) is 0.316. The molecule has 3 aromatic rings. The molecule has 25 heavy (non-hydrogen) atoms. The summed E-state index contributed by atoms with van der Waals surface area (Å²) in [6, 6.07) is 5.88. The Bertz CT molecular complexity index is 931. The second kappa shape index (κ2) is 7.03. The van der Waals surface area contributed by atoms with Gasteiger partial charge in [0.2, 0.25) is 5.91 Å². The Balaban J connectivity index is 2.11. The normalized spacial score (nSPS) is 11.0. The van der Waals surface area contributed by atoms with Crippen LogP contribution in [0.1, 0.15) is 18.1 Å². The van der Waals surface area contributed by atoms with Gasteiger partial charge in [-0.2, -0.15) is 0 Å². The lowest BCUT2D eigenvalue weighted by Crippen LogP contribution is -2.17. The Morgan fingerprint density at radius 1 is 1.24 bits per heavy atom. The smallest absolute Gasteiger partial charge is 0.250 e. The minimum Gasteiger partial charge on any atom is -0.375 e. The molecule has 0 radical (unpaired) electrons. The number of fused-ring (bicyclic) bond motifs is 1. The molecule has 0 saturated heterocycles. The molecular weight excluding hydrogens is 316 g/mol. The van der Waals surface area contributed by atoms with Gasteiger partial charge in [0.15, 0.2) is 0 Å². The molecule has 6 nitrogen and oxygen atoms in total. The van der Waals surface area contributed by atoms with Gasteiger partial charge in [-0.3, -0.25) is 4.79 Å². The third kappa shape index (κ3) is 3.39. The first-order chi connectivity index (χ1) is 12.0. The molecule has 0 spiro atoms. The Kier molecular flexibility index (Phi) is 4.81. The summed E-state index contributed by atoms with van der Waals surface area (Å²) >= 11 is 0. The van der Waals surface area contributed by atoms with Crippen molar-refractivity contribution in [3.8, 4) is 11.4 Å². The van der Waals surface area contributed by atoms with Crippen molar-refractivity contribution in [1.82, 2.24) is 14.5 Å². The van der Waals surface area contributed by atoms with Crippen LogP contribution in [0.4, 0.5) is 5.69 Å². The van der Waals surface area contributed by atoms with Crippen molar-refractivity contribution in [1.29, 1.82) is 0 Å². The van der Waals surface area contributed by atoms with E-state index in [-0.39, 0.29) is 12.5 Å². The summed E-state index contributed by atoms with van der Waals surface area (Å²) in [5, 5.41) is 3.85. The van der Waals surface area contributed by atoms with E-state index >= 15 is 0 Å². The highest BCUT2D eigenvalue weighted by atomic mass is 16.5. The largest absolute Gasteiger partial charge is 0.375 e. The quantitative estimate of drug-likeness (QED) is 0.775. The number of amides is 1. The molecule has 0 unspecified atom stereocenters. The number of aromatic nitrogens is 3. The highest BCUT2D eigenvalue weighted by Gasteiger charge is 2.14. The maximum atomic E-state index is 11.9. The summed E-state index contributed by atoms with van der Waals surface area (Å²) in [5.41, 5.74) is 5.40. The van der Waals surface area contributed by atoms with Crippen LogP contribution >= 0.6 is 0 Å². The Morgan fingerprint density at radius 3 is 2.72 bits per heavy atom. The van der Waals surface area contributed by atoms with E-state index in [0.717, 1.165) is 45.6 Å². The third-order valence-corrected chi connectivity index (χ3v) is 4.17. The number of pyridine rings is 1. The molecular formula is C19H22N4O2. The number of aryl methyl sites for hydroxylation is 3. The molecule has 0 bridgehead atoms. The van der Waals surface area contributed by atoms with E-state index in [9.17, 15) is 4.79 Å². The molecule has 2 heterocycles. The number of hydrogen-bond donors (Lipinski definition) is 1. The van der Waals surface area contributed by atoms with Crippen molar-refractivity contribution < 1.29 is 9.53 Å². The van der Waals surface area contributed by atoms with Gasteiger partial charge in [0.1, 0.15) is 12.3 Å². The summed E-state index contributed by atoms with van der Waals surface area (Å²) in [6.45, 7) is 7.01. The first kappa shape index (κ1) is 17.1. The number of carbonyl (C=O) groups excluding carboxylic acids is 1. The van der Waals surface area contributed by atoms with Crippen LogP contribution in [0.5, 0.6) is 0 Å². The van der Waals surface area contributed by atoms with Gasteiger partial charge in [0.05, 0.1) is 23.2 Å². The first-order valence-corrected chi connectivity index (χ1v) is 8.25. The van der Waals surface area contributed by atoms with Gasteiger partial charge >= 0.3 is 0 Å². The molecule has 3 rings (SSSR count). The van der Waals surface area contributed by atoms with Gasteiger partial charge in [0.25, 0.3) is 0 Å². The molecule has 2 aromatic heterocycles. The van der Waals surface area contributed by atoms with Gasteiger partial charge in [-0.15, -0.1) is 0 Å². The van der Waals surface area contributed by atoms with Gasteiger partial charge in [-0.05, 0) is 44.0 Å². The second-order valence-corrected chi connectivity index (χ2v) is 6.05. The van der Waals surface area contributed by atoms with Crippen LogP contribution in [0, 0.1) is 13.8 Å². The van der Waals surface area contributed by atoms with Crippen molar-refractivity contribution in [2.75, 3.05) is 19.0 Å². The fourth-order valence-electron chi connectivity index (χ4n) is 2.89. The van der Waals surface area contributed by atoms with Crippen LogP contribution < -0.4 is 5.32 Å². The number of carbonyl (C=O) groups is 1. The molecule has 1 N–H and O–H groups in total. The van der Waals surface area contributed by atoms with E-state index < -0.39 is 0 Å². The predicted molar refractivity (Wildman–Crippen MR) is 98.6 cm³/mol. The second-order valence-electron chi connectivity index (χ2n) is 6.05. The van der Waals surface area contributed by atoms with Gasteiger partial charge in [-0.25, -0.2) is 9.97 Å². The van der Waals surface area contributed by atoms with Crippen molar-refractivity contribution >= 4 is 22.5 Å². The van der Waals surface area contributed by atoms with Gasteiger partial charge in [-0.1, -0.05) is 6.07 Å². The Labute approximate surface area is 146 Å². The number of nitrogens with zero attached hydrogens (tertiary/aromatic N) is 3. The van der Waals surface area contributed by atoms with Gasteiger partial charge in [0, 0.05) is 25.2 Å². The van der Waals surface area contributed by atoms with Crippen molar-refractivity contribution in [2.45, 2.75) is 27.3 Å². The van der Waals surface area contributed by atoms with Crippen molar-refractivity contribution in [2.24, 2.45) is 0 Å². The maximum absolute atomic E-state index is 11.9. The summed E-state index contributed by atoms with van der Waals surface area (Å²) in [7, 11) is 1.50. The molecule has 6 heteroatoms. The third-order valence-electron chi connectivity index (χ3n) is 4.17. The summed E-state index contributed by atoms with van der Waals surface area (Å²) in [5.74, 6) is -0.183. The SMILES string of the molecule is CCn1cnc(-c2cc(C)c3c(NC(=O)COC)ccc(C)c3n2)c1. The van der Waals surface area contributed by atoms with Crippen LogP contribution in [0.25, 0.3) is 22.3 Å². The zero-order valence-corrected chi connectivity index (χ0v) is 15.0. The lowest BCUT2D eigenvalue weighted by atomic mass is 10.0. The molecule has 1 amide bonds. The summed E-state index contributed by atoms with van der Waals surface area (Å²) in [6.07, 6.45) is 3.80. The average Bonchev–Trinajstić information content (AvgIpc) is 3.06. The molecule has 0 aliphatic heterocycles. The van der Waals surface area contributed by atoms with E-state index in [1.54, 1.807) is 0 Å². The van der Waals surface area contributed by atoms with Crippen molar-refractivity contribution in [3.05, 3.63) is 41.9 Å². The summed E-state index contributed by atoms with van der Waals surface area (Å²) < 4.78 is 6.91. The van der Waals surface area contributed by atoms with Crippen LogP contribution in [-0.4, -0.2) is 34.2 Å². The van der Waals surface area contributed by atoms with E-state index in [0.29, 0.717) is 0 Å². The molecule has 0 atom stereocenters. The van der Waals surface area contributed by atoms with Crippen LogP contribution in [-0.2, 0) is 16.1 Å². The highest BCUT2D eigenvalue weighted by Crippen LogP contribution is 2.31. The molecule has 0 aliphatic carbocycles. The van der Waals surface area contributed by atoms with Crippen LogP contribution in [0.15, 0.2) is 30.7 Å². The fourth-order valence-corrected chi connectivity index (χ4v) is 2.89. The standard InChI is InChI=1S/C19H22N4O2/c1-5-23-9-16(20-11-23)15-8-13(3)18-14(21-17(24)10-25-4)7-6-12(2)19(18)22-15/h6-9,11H,5,10H2,1-4H3,(H,21,24). The molecule has 130 valence electrons. The van der Waals surface area contributed by atoms with E-state index in [2.05, 4.69) is 17.2 Å². The maximum Gasteiger partial charge on any atom is 0.250 e. The number of anilines is 1. The van der Waals surface area contributed by atoms with Gasteiger partial charge < -0.3 is 14.6 Å². The zero-order chi connectivity index (χ0) is 18.0. The number of nitrogens with one attached hydrogen (secondary N) is 1. The predicted octanol–water partition coefficient (Wildman–Crippen LogP) is 3.32. The Hall–Kier alpha value is -2.73. The highest BCUT2D eigenvalue weighted by molar-refractivity contribution is 6.04. The average molecular weight is 338 g/mol. The van der Waals surface area contributed by atoms with Crippen molar-refractivity contribution in [3.63, 3.8) is 0 Å². The minimum atomic E-state index is -0.183. The number of ether oxygens (including phenoxy) is 1. The van der Waals surface area contributed by atoms with Crippen LogP contribution in [0.2, 0.25) is 0 Å². The van der Waals surface area contributed by atoms with E-state index in [1.807, 2.05) is 49.1 Å². The Morgan fingerprint density at radius 2 is 2.04 bits per heavy atom. The number of imidazole rings is 1. The number of methoxy groups -OCH3 is 1. The monoisotopic (exact) mass is 338 g/mol. The zero-order valence-electron chi connectivity index (χ0n) is 15.0. The first-order valence-electron chi connectivity index (χ1n) is 8.25. The number of rotatable bonds is 5. The summed E-state index contributed by atoms with van der Waals surface area (Å²) in [4.78, 5) is 21.2. The van der Waals surface area contributed by atoms with E-state index in [4.69, 9.17) is 9.72 Å². The lowest BCUT2D eigenvalue weighted by Gasteiger charge is -2.13. The number of hydrogen-bond acceptors (Lipinski definition) is 4. The molecule has 1 aromatic carbocycles. The molecule has 0 fully saturated rings. The topological polar surface area (TPSA) is 69.0 Å². The lowest BCUT2D eigenvalue weighted by molar-refractivity contribution is -0.119. The number of benzene rings is 1. The van der Waals surface area contributed by atoms with Crippen LogP contribution in [0.3, 0.4) is 0 Å². The molecule has 0 aliphatic rings. The molecule has 0 saturated carbocycles. The minimum absolute atomic E-state index is 0.0222. The van der Waals surface area contributed by atoms with E-state index in [1.165, 1.54) is 7.11 Å².